The minimum Gasteiger partial charge on any atom is -0.354 e. The van der Waals surface area contributed by atoms with E-state index in [2.05, 4.69) is 5.32 Å². The van der Waals surface area contributed by atoms with Crippen LogP contribution >= 0.6 is 23.2 Å². The van der Waals surface area contributed by atoms with Crippen molar-refractivity contribution in [3.05, 3.63) is 100 Å². The van der Waals surface area contributed by atoms with Crippen LogP contribution in [0.1, 0.15) is 43.7 Å². The van der Waals surface area contributed by atoms with Gasteiger partial charge in [-0.3, -0.25) is 9.59 Å². The lowest BCUT2D eigenvalue weighted by Gasteiger charge is -2.32. The third kappa shape index (κ3) is 9.57. The number of nitrogens with one attached hydrogen (secondary N) is 1. The Labute approximate surface area is 253 Å². The van der Waals surface area contributed by atoms with E-state index in [9.17, 15) is 18.0 Å². The van der Waals surface area contributed by atoms with Crippen LogP contribution in [-0.4, -0.2) is 55.6 Å². The molecule has 10 heteroatoms. The molecule has 0 spiro atoms. The van der Waals surface area contributed by atoms with Gasteiger partial charge in [0.25, 0.3) is 0 Å². The van der Waals surface area contributed by atoms with Gasteiger partial charge in [-0.2, -0.15) is 0 Å². The summed E-state index contributed by atoms with van der Waals surface area (Å²) in [5.74, 6) is -0.493. The average molecular weight is 619 g/mol. The molecule has 0 saturated carbocycles. The lowest BCUT2D eigenvalue weighted by Crippen LogP contribution is -2.50. The van der Waals surface area contributed by atoms with Crippen LogP contribution < -0.4 is 5.32 Å². The number of carbonyl (C=O) groups is 2. The van der Waals surface area contributed by atoms with Crippen molar-refractivity contribution in [3.63, 3.8) is 0 Å². The Morgan fingerprint density at radius 1 is 0.878 bits per heavy atom. The van der Waals surface area contributed by atoms with Gasteiger partial charge in [0, 0.05) is 39.5 Å². The standard InChI is InChI=1S/C31H37Cl2N3O4S/c1-3-4-19-34-31(38)29(22-24-12-7-5-8-13-24)36(23-25-17-18-27(32)28(33)21-25)30(37)16-11-20-35(2)41(39,40)26-14-9-6-10-15-26/h5-10,12-15,17-18,21,29H,3-4,11,16,19-20,22-23H2,1-2H3,(H,34,38)/t29-/m0/s1. The van der Waals surface area contributed by atoms with E-state index in [1.54, 1.807) is 53.4 Å². The summed E-state index contributed by atoms with van der Waals surface area (Å²) < 4.78 is 27.1. The molecule has 0 heterocycles. The zero-order valence-corrected chi connectivity index (χ0v) is 25.8. The number of amides is 2. The van der Waals surface area contributed by atoms with E-state index in [0.29, 0.717) is 23.0 Å². The van der Waals surface area contributed by atoms with Gasteiger partial charge in [0.15, 0.2) is 0 Å². The summed E-state index contributed by atoms with van der Waals surface area (Å²) in [5, 5.41) is 3.75. The maximum Gasteiger partial charge on any atom is 0.243 e. The molecule has 0 radical (unpaired) electrons. The molecule has 0 aliphatic rings. The quantitative estimate of drug-likeness (QED) is 0.213. The van der Waals surface area contributed by atoms with Crippen LogP contribution in [0.3, 0.4) is 0 Å². The van der Waals surface area contributed by atoms with Gasteiger partial charge in [0.1, 0.15) is 6.04 Å². The maximum absolute atomic E-state index is 13.8. The molecule has 0 saturated heterocycles. The summed E-state index contributed by atoms with van der Waals surface area (Å²) in [6, 6.07) is 22.1. The van der Waals surface area contributed by atoms with E-state index >= 15 is 0 Å². The highest BCUT2D eigenvalue weighted by molar-refractivity contribution is 7.89. The number of nitrogens with zero attached hydrogens (tertiary/aromatic N) is 2. The summed E-state index contributed by atoms with van der Waals surface area (Å²) in [6.45, 7) is 2.85. The maximum atomic E-state index is 13.8. The van der Waals surface area contributed by atoms with Crippen molar-refractivity contribution in [2.24, 2.45) is 0 Å². The molecule has 0 fully saturated rings. The minimum absolute atomic E-state index is 0.0590. The second-order valence-electron chi connectivity index (χ2n) is 9.86. The molecule has 3 aromatic rings. The van der Waals surface area contributed by atoms with Gasteiger partial charge in [-0.1, -0.05) is 91.1 Å². The molecule has 0 bridgehead atoms. The highest BCUT2D eigenvalue weighted by Gasteiger charge is 2.30. The number of hydrogen-bond acceptors (Lipinski definition) is 4. The summed E-state index contributed by atoms with van der Waals surface area (Å²) in [7, 11) is -2.18. The molecule has 41 heavy (non-hydrogen) atoms. The second-order valence-corrected chi connectivity index (χ2v) is 12.7. The van der Waals surface area contributed by atoms with Crippen molar-refractivity contribution in [3.8, 4) is 0 Å². The van der Waals surface area contributed by atoms with Crippen molar-refractivity contribution in [1.82, 2.24) is 14.5 Å². The minimum atomic E-state index is -3.68. The molecule has 3 aromatic carbocycles. The van der Waals surface area contributed by atoms with Crippen LogP contribution in [0.5, 0.6) is 0 Å². The van der Waals surface area contributed by atoms with E-state index < -0.39 is 16.1 Å². The van der Waals surface area contributed by atoms with Crippen LogP contribution in [0.2, 0.25) is 10.0 Å². The Morgan fingerprint density at radius 2 is 1.54 bits per heavy atom. The van der Waals surface area contributed by atoms with Crippen molar-refractivity contribution in [1.29, 1.82) is 0 Å². The lowest BCUT2D eigenvalue weighted by molar-refractivity contribution is -0.141. The van der Waals surface area contributed by atoms with Crippen molar-refractivity contribution in [2.75, 3.05) is 20.1 Å². The Kier molecular flexibility index (Phi) is 12.7. The van der Waals surface area contributed by atoms with Crippen molar-refractivity contribution in [2.45, 2.75) is 56.5 Å². The molecule has 1 N–H and O–H groups in total. The van der Waals surface area contributed by atoms with Crippen molar-refractivity contribution < 1.29 is 18.0 Å². The van der Waals surface area contributed by atoms with E-state index in [1.165, 1.54) is 11.4 Å². The second kappa shape index (κ2) is 15.9. The highest BCUT2D eigenvalue weighted by Crippen LogP contribution is 2.25. The molecule has 0 aliphatic heterocycles. The largest absolute Gasteiger partial charge is 0.354 e. The fourth-order valence-electron chi connectivity index (χ4n) is 4.38. The first-order valence-corrected chi connectivity index (χ1v) is 15.9. The molecule has 7 nitrogen and oxygen atoms in total. The Hall–Kier alpha value is -2.91. The first-order chi connectivity index (χ1) is 19.6. The molecule has 0 unspecified atom stereocenters. The van der Waals surface area contributed by atoms with Gasteiger partial charge in [-0.25, -0.2) is 12.7 Å². The molecule has 1 atom stereocenters. The fourth-order valence-corrected chi connectivity index (χ4v) is 5.94. The number of rotatable bonds is 15. The first kappa shape index (κ1) is 32.6. The summed E-state index contributed by atoms with van der Waals surface area (Å²) in [5.41, 5.74) is 1.65. The van der Waals surface area contributed by atoms with Gasteiger partial charge in [0.05, 0.1) is 14.9 Å². The van der Waals surface area contributed by atoms with Crippen LogP contribution in [-0.2, 0) is 32.6 Å². The van der Waals surface area contributed by atoms with Crippen LogP contribution in [0.15, 0.2) is 83.8 Å². The summed E-state index contributed by atoms with van der Waals surface area (Å²) >= 11 is 12.4. The summed E-state index contributed by atoms with van der Waals surface area (Å²) in [6.07, 6.45) is 2.42. The Balaban J connectivity index is 1.83. The van der Waals surface area contributed by atoms with Gasteiger partial charge in [-0.05, 0) is 48.2 Å². The number of hydrogen-bond donors (Lipinski definition) is 1. The van der Waals surface area contributed by atoms with E-state index in [1.807, 2.05) is 37.3 Å². The predicted octanol–water partition coefficient (Wildman–Crippen LogP) is 5.95. The molecular formula is C31H37Cl2N3O4S. The first-order valence-electron chi connectivity index (χ1n) is 13.7. The molecule has 0 aromatic heterocycles. The van der Waals surface area contributed by atoms with E-state index in [0.717, 1.165) is 24.0 Å². The highest BCUT2D eigenvalue weighted by atomic mass is 35.5. The van der Waals surface area contributed by atoms with E-state index in [-0.39, 0.29) is 42.6 Å². The third-order valence-corrected chi connectivity index (χ3v) is 9.36. The normalized spacial score (nSPS) is 12.2. The molecular weight excluding hydrogens is 581 g/mol. The molecule has 3 rings (SSSR count). The van der Waals surface area contributed by atoms with Crippen LogP contribution in [0.25, 0.3) is 0 Å². The molecule has 220 valence electrons. The Morgan fingerprint density at radius 3 is 2.17 bits per heavy atom. The van der Waals surface area contributed by atoms with Gasteiger partial charge >= 0.3 is 0 Å². The lowest BCUT2D eigenvalue weighted by atomic mass is 10.0. The average Bonchev–Trinajstić information content (AvgIpc) is 2.97. The van der Waals surface area contributed by atoms with Crippen LogP contribution in [0, 0.1) is 0 Å². The third-order valence-electron chi connectivity index (χ3n) is 6.75. The fraction of sp³-hybridized carbons (Fsp3) is 0.355. The number of carbonyl (C=O) groups excluding carboxylic acids is 2. The van der Waals surface area contributed by atoms with Gasteiger partial charge < -0.3 is 10.2 Å². The number of unbranched alkanes of at least 4 members (excludes halogenated alkanes) is 1. The Bertz CT molecular complexity index is 1390. The predicted molar refractivity (Wildman–Crippen MR) is 164 cm³/mol. The van der Waals surface area contributed by atoms with Crippen LogP contribution in [0.4, 0.5) is 0 Å². The van der Waals surface area contributed by atoms with Gasteiger partial charge in [-0.15, -0.1) is 0 Å². The summed E-state index contributed by atoms with van der Waals surface area (Å²) in [4.78, 5) is 29.1. The number of halogens is 2. The van der Waals surface area contributed by atoms with Gasteiger partial charge in [0.2, 0.25) is 21.8 Å². The zero-order chi connectivity index (χ0) is 29.8. The smallest absolute Gasteiger partial charge is 0.243 e. The molecule has 2 amide bonds. The SMILES string of the molecule is CCCCNC(=O)[C@H](Cc1ccccc1)N(Cc1ccc(Cl)c(Cl)c1)C(=O)CCCN(C)S(=O)(=O)c1ccccc1. The molecule has 0 aliphatic carbocycles. The monoisotopic (exact) mass is 617 g/mol. The van der Waals surface area contributed by atoms with E-state index in [4.69, 9.17) is 23.2 Å². The number of sulfonamides is 1. The number of benzene rings is 3. The topological polar surface area (TPSA) is 86.8 Å². The van der Waals surface area contributed by atoms with Crippen molar-refractivity contribution >= 4 is 45.0 Å². The zero-order valence-electron chi connectivity index (χ0n) is 23.4.